The van der Waals surface area contributed by atoms with E-state index in [9.17, 15) is 9.59 Å². The van der Waals surface area contributed by atoms with Gasteiger partial charge in [0.25, 0.3) is 5.56 Å². The number of fused-ring (bicyclic) bond motifs is 1. The zero-order valence-electron chi connectivity index (χ0n) is 20.3. The summed E-state index contributed by atoms with van der Waals surface area (Å²) >= 11 is 0. The molecule has 0 saturated carbocycles. The molecule has 2 amide bonds. The van der Waals surface area contributed by atoms with Crippen molar-refractivity contribution in [3.8, 4) is 5.75 Å². The fourth-order valence-corrected chi connectivity index (χ4v) is 4.26. The van der Waals surface area contributed by atoms with Gasteiger partial charge in [0.05, 0.1) is 26.4 Å². The Kier molecular flexibility index (Phi) is 8.75. The van der Waals surface area contributed by atoms with Gasteiger partial charge in [-0.1, -0.05) is 30.3 Å². The Morgan fingerprint density at radius 3 is 2.71 bits per heavy atom. The zero-order valence-corrected chi connectivity index (χ0v) is 20.3. The first kappa shape index (κ1) is 24.8. The molecule has 0 radical (unpaired) electrons. The van der Waals surface area contributed by atoms with E-state index in [1.807, 2.05) is 61.5 Å². The highest BCUT2D eigenvalue weighted by atomic mass is 16.5. The van der Waals surface area contributed by atoms with Crippen LogP contribution in [0.4, 0.5) is 4.79 Å². The van der Waals surface area contributed by atoms with E-state index < -0.39 is 0 Å². The second-order valence-electron chi connectivity index (χ2n) is 8.68. The maximum atomic E-state index is 13.2. The van der Waals surface area contributed by atoms with Crippen LogP contribution in [0.3, 0.4) is 0 Å². The average molecular weight is 479 g/mol. The lowest BCUT2D eigenvalue weighted by molar-refractivity contribution is 0.0364. The molecule has 0 aliphatic carbocycles. The van der Waals surface area contributed by atoms with Crippen molar-refractivity contribution in [2.45, 2.75) is 26.4 Å². The molecule has 3 aromatic rings. The van der Waals surface area contributed by atoms with Gasteiger partial charge in [0.1, 0.15) is 5.75 Å². The number of nitrogens with zero attached hydrogens (tertiary/aromatic N) is 2. The Morgan fingerprint density at radius 1 is 1.14 bits per heavy atom. The smallest absolute Gasteiger partial charge is 0.317 e. The van der Waals surface area contributed by atoms with Crippen LogP contribution in [0.5, 0.6) is 5.75 Å². The standard InChI is InChI=1S/C27H34N4O4/c1-2-35-24-9-10-25-22(18-24)17-23(26(32)29-25)20-31(12-6-11-30-13-15-34-16-14-30)27(33)28-19-21-7-4-3-5-8-21/h3-5,7-10,17-18H,2,6,11-16,19-20H2,1H3,(H,28,33)(H,29,32). The monoisotopic (exact) mass is 478 g/mol. The van der Waals surface area contributed by atoms with E-state index in [2.05, 4.69) is 15.2 Å². The zero-order chi connectivity index (χ0) is 24.5. The lowest BCUT2D eigenvalue weighted by Crippen LogP contribution is -2.42. The summed E-state index contributed by atoms with van der Waals surface area (Å²) in [4.78, 5) is 33.0. The lowest BCUT2D eigenvalue weighted by Gasteiger charge is -2.28. The Balaban J connectivity index is 1.48. The first-order chi connectivity index (χ1) is 17.1. The molecule has 186 valence electrons. The third-order valence-electron chi connectivity index (χ3n) is 6.14. The summed E-state index contributed by atoms with van der Waals surface area (Å²) in [6.45, 7) is 7.92. The number of hydrogen-bond acceptors (Lipinski definition) is 5. The van der Waals surface area contributed by atoms with Gasteiger partial charge in [0.15, 0.2) is 0 Å². The van der Waals surface area contributed by atoms with Crippen molar-refractivity contribution in [1.82, 2.24) is 20.1 Å². The van der Waals surface area contributed by atoms with Crippen LogP contribution in [0.1, 0.15) is 24.5 Å². The molecule has 1 fully saturated rings. The van der Waals surface area contributed by atoms with Gasteiger partial charge in [-0.05, 0) is 43.2 Å². The van der Waals surface area contributed by atoms with Gasteiger partial charge in [0.2, 0.25) is 0 Å². The summed E-state index contributed by atoms with van der Waals surface area (Å²) in [5.41, 5.74) is 2.14. The van der Waals surface area contributed by atoms with Crippen molar-refractivity contribution in [3.05, 3.63) is 76.1 Å². The van der Waals surface area contributed by atoms with Crippen LogP contribution in [0.15, 0.2) is 59.4 Å². The number of amides is 2. The van der Waals surface area contributed by atoms with Gasteiger partial charge in [-0.25, -0.2) is 4.79 Å². The third-order valence-corrected chi connectivity index (χ3v) is 6.14. The minimum Gasteiger partial charge on any atom is -0.494 e. The van der Waals surface area contributed by atoms with E-state index in [4.69, 9.17) is 9.47 Å². The third kappa shape index (κ3) is 7.07. The number of hydrogen-bond donors (Lipinski definition) is 2. The molecule has 1 aliphatic heterocycles. The number of urea groups is 1. The summed E-state index contributed by atoms with van der Waals surface area (Å²) in [7, 11) is 0. The molecule has 1 saturated heterocycles. The lowest BCUT2D eigenvalue weighted by atomic mass is 10.1. The first-order valence-corrected chi connectivity index (χ1v) is 12.3. The van der Waals surface area contributed by atoms with Crippen LogP contribution in [0.2, 0.25) is 0 Å². The predicted octanol–water partition coefficient (Wildman–Crippen LogP) is 3.36. The van der Waals surface area contributed by atoms with Crippen LogP contribution >= 0.6 is 0 Å². The molecule has 8 heteroatoms. The molecule has 2 aromatic carbocycles. The van der Waals surface area contributed by atoms with E-state index >= 15 is 0 Å². The normalized spacial score (nSPS) is 14.1. The van der Waals surface area contributed by atoms with Crippen molar-refractivity contribution in [2.24, 2.45) is 0 Å². The predicted molar refractivity (Wildman–Crippen MR) is 137 cm³/mol. The highest BCUT2D eigenvalue weighted by Gasteiger charge is 2.17. The van der Waals surface area contributed by atoms with Crippen molar-refractivity contribution in [3.63, 3.8) is 0 Å². The van der Waals surface area contributed by atoms with Crippen LogP contribution in [-0.2, 0) is 17.8 Å². The number of ether oxygens (including phenoxy) is 2. The Morgan fingerprint density at radius 2 is 1.94 bits per heavy atom. The van der Waals surface area contributed by atoms with Crippen molar-refractivity contribution in [1.29, 1.82) is 0 Å². The number of carbonyl (C=O) groups excluding carboxylic acids is 1. The van der Waals surface area contributed by atoms with Gasteiger partial charge in [-0.3, -0.25) is 9.69 Å². The van der Waals surface area contributed by atoms with Gasteiger partial charge in [0, 0.05) is 49.2 Å². The number of morpholine rings is 1. The molecule has 0 bridgehead atoms. The summed E-state index contributed by atoms with van der Waals surface area (Å²) in [6.07, 6.45) is 0.818. The highest BCUT2D eigenvalue weighted by molar-refractivity contribution is 5.81. The molecule has 1 aromatic heterocycles. The number of aromatic nitrogens is 1. The van der Waals surface area contributed by atoms with Crippen LogP contribution in [0, 0.1) is 0 Å². The van der Waals surface area contributed by atoms with Crippen molar-refractivity contribution >= 4 is 16.9 Å². The van der Waals surface area contributed by atoms with E-state index in [1.165, 1.54) is 0 Å². The van der Waals surface area contributed by atoms with Gasteiger partial charge in [-0.2, -0.15) is 0 Å². The second-order valence-corrected chi connectivity index (χ2v) is 8.68. The molecular weight excluding hydrogens is 444 g/mol. The molecule has 0 spiro atoms. The van der Waals surface area contributed by atoms with Gasteiger partial charge >= 0.3 is 6.03 Å². The van der Waals surface area contributed by atoms with Crippen molar-refractivity contribution in [2.75, 3.05) is 46.0 Å². The molecule has 0 unspecified atom stereocenters. The molecule has 4 rings (SSSR count). The maximum absolute atomic E-state index is 13.2. The van der Waals surface area contributed by atoms with Crippen LogP contribution in [0.25, 0.3) is 10.9 Å². The Labute approximate surface area is 205 Å². The molecule has 8 nitrogen and oxygen atoms in total. The first-order valence-electron chi connectivity index (χ1n) is 12.3. The van der Waals surface area contributed by atoms with Crippen LogP contribution < -0.4 is 15.6 Å². The molecular formula is C27H34N4O4. The number of rotatable bonds is 10. The van der Waals surface area contributed by atoms with Gasteiger partial charge in [-0.15, -0.1) is 0 Å². The van der Waals surface area contributed by atoms with E-state index in [0.717, 1.165) is 61.5 Å². The molecule has 1 aliphatic rings. The summed E-state index contributed by atoms with van der Waals surface area (Å²) in [5, 5.41) is 3.89. The van der Waals surface area contributed by atoms with E-state index in [1.54, 1.807) is 4.90 Å². The highest BCUT2D eigenvalue weighted by Crippen LogP contribution is 2.20. The second kappa shape index (κ2) is 12.4. The average Bonchev–Trinajstić information content (AvgIpc) is 2.88. The number of carbonyl (C=O) groups is 1. The molecule has 2 N–H and O–H groups in total. The molecule has 0 atom stereocenters. The fourth-order valence-electron chi connectivity index (χ4n) is 4.26. The molecule has 35 heavy (non-hydrogen) atoms. The number of pyridine rings is 1. The minimum absolute atomic E-state index is 0.182. The largest absolute Gasteiger partial charge is 0.494 e. The number of aromatic amines is 1. The fraction of sp³-hybridized carbons (Fsp3) is 0.407. The van der Waals surface area contributed by atoms with Gasteiger partial charge < -0.3 is 24.7 Å². The molecule has 2 heterocycles. The maximum Gasteiger partial charge on any atom is 0.317 e. The topological polar surface area (TPSA) is 86.9 Å². The number of benzene rings is 2. The Hall–Kier alpha value is -3.36. The SMILES string of the molecule is CCOc1ccc2[nH]c(=O)c(CN(CCCN3CCOCC3)C(=O)NCc3ccccc3)cc2c1. The van der Waals surface area contributed by atoms with Crippen molar-refractivity contribution < 1.29 is 14.3 Å². The number of nitrogens with one attached hydrogen (secondary N) is 2. The van der Waals surface area contributed by atoms with Crippen LogP contribution in [-0.4, -0.2) is 66.8 Å². The minimum atomic E-state index is -0.185. The summed E-state index contributed by atoms with van der Waals surface area (Å²) in [5.74, 6) is 0.751. The quantitative estimate of drug-likeness (QED) is 0.467. The number of H-pyrrole nitrogens is 1. The van der Waals surface area contributed by atoms with E-state index in [-0.39, 0.29) is 18.1 Å². The van der Waals surface area contributed by atoms with E-state index in [0.29, 0.717) is 25.3 Å². The summed E-state index contributed by atoms with van der Waals surface area (Å²) < 4.78 is 11.0. The Bertz CT molecular complexity index is 1160. The summed E-state index contributed by atoms with van der Waals surface area (Å²) in [6, 6.07) is 17.1.